The van der Waals surface area contributed by atoms with E-state index in [9.17, 15) is 9.00 Å². The molecule has 1 aromatic rings. The highest BCUT2D eigenvalue weighted by Gasteiger charge is 2.12. The number of carbonyl (C=O) groups is 1. The third-order valence-electron chi connectivity index (χ3n) is 1.46. The molecule has 84 valence electrons. The molecule has 2 N–H and O–H groups in total. The molecule has 0 spiro atoms. The maximum absolute atomic E-state index is 12.0. The summed E-state index contributed by atoms with van der Waals surface area (Å²) in [7, 11) is -2.79. The van der Waals surface area contributed by atoms with E-state index in [-0.39, 0.29) is 0 Å². The van der Waals surface area contributed by atoms with Gasteiger partial charge < -0.3 is 5.32 Å². The van der Waals surface area contributed by atoms with E-state index in [0.717, 1.165) is 0 Å². The predicted molar refractivity (Wildman–Crippen MR) is 65.1 cm³/mol. The minimum Gasteiger partial charge on any atom is -0.338 e. The fourth-order valence-corrected chi connectivity index (χ4v) is 3.41. The Bertz CT molecular complexity index is 453. The van der Waals surface area contributed by atoms with Gasteiger partial charge in [0.2, 0.25) is 0 Å². The molecule has 0 aliphatic carbocycles. The summed E-state index contributed by atoms with van der Waals surface area (Å²) in [6.45, 7) is 2.24. The molecule has 0 aliphatic heterocycles. The van der Waals surface area contributed by atoms with E-state index in [4.69, 9.17) is 11.6 Å². The number of hydrogen-bond donors (Lipinski definition) is 2. The van der Waals surface area contributed by atoms with Crippen LogP contribution in [-0.2, 0) is 9.71 Å². The molecule has 1 atom stereocenters. The van der Waals surface area contributed by atoms with Crippen LogP contribution in [0.1, 0.15) is 6.92 Å². The summed E-state index contributed by atoms with van der Waals surface area (Å²) in [6, 6.07) is 1.04. The van der Waals surface area contributed by atoms with Crippen molar-refractivity contribution in [2.45, 2.75) is 11.1 Å². The van der Waals surface area contributed by atoms with Crippen molar-refractivity contribution in [2.75, 3.05) is 6.54 Å². The first kappa shape index (κ1) is 12.4. The monoisotopic (exact) mass is 266 g/mol. The maximum Gasteiger partial charge on any atom is 0.326 e. The summed E-state index contributed by atoms with van der Waals surface area (Å²) in [5, 5.41) is 4.61. The van der Waals surface area contributed by atoms with Crippen LogP contribution in [0.5, 0.6) is 0 Å². The fraction of sp³-hybridized carbons (Fsp3) is 0.250. The van der Waals surface area contributed by atoms with Crippen molar-refractivity contribution in [3.05, 3.63) is 16.5 Å². The molecule has 0 saturated heterocycles. The largest absolute Gasteiger partial charge is 0.338 e. The zero-order valence-corrected chi connectivity index (χ0v) is 10.5. The zero-order valence-electron chi connectivity index (χ0n) is 8.08. The normalized spacial score (nSPS) is 14.3. The lowest BCUT2D eigenvalue weighted by Crippen LogP contribution is -2.38. The lowest BCUT2D eigenvalue weighted by atomic mass is 10.7. The summed E-state index contributed by atoms with van der Waals surface area (Å²) >= 11 is 6.90. The fourth-order valence-electron chi connectivity index (χ4n) is 0.865. The van der Waals surface area contributed by atoms with Gasteiger partial charge in [-0.25, -0.2) is 9.00 Å². The molecule has 2 amide bonds. The van der Waals surface area contributed by atoms with Crippen molar-refractivity contribution < 1.29 is 9.00 Å². The lowest BCUT2D eigenvalue weighted by molar-refractivity contribution is 0.246. The summed E-state index contributed by atoms with van der Waals surface area (Å²) in [4.78, 5) is 11.2. The first-order valence-corrected chi connectivity index (χ1v) is 7.11. The average Bonchev–Trinajstić information content (AvgIpc) is 2.51. The second-order valence-electron chi connectivity index (χ2n) is 2.72. The van der Waals surface area contributed by atoms with Crippen LogP contribution in [0.3, 0.4) is 0 Å². The molecule has 7 heteroatoms. The molecule has 0 fully saturated rings. The van der Waals surface area contributed by atoms with E-state index in [1.807, 2.05) is 0 Å². The van der Waals surface area contributed by atoms with Crippen molar-refractivity contribution in [2.24, 2.45) is 0 Å². The zero-order chi connectivity index (χ0) is 11.5. The Labute approximate surface area is 97.8 Å². The maximum atomic E-state index is 12.0. The number of amides is 2. The van der Waals surface area contributed by atoms with Crippen molar-refractivity contribution in [1.82, 2.24) is 10.0 Å². The molecular weight excluding hydrogens is 256 g/mol. The Morgan fingerprint density at radius 1 is 1.73 bits per heavy atom. The highest BCUT2D eigenvalue weighted by Crippen LogP contribution is 2.23. The van der Waals surface area contributed by atoms with Gasteiger partial charge in [0.1, 0.15) is 4.21 Å². The number of nitrogens with one attached hydrogen (secondary N) is 2. The Morgan fingerprint density at radius 3 is 2.87 bits per heavy atom. The molecule has 0 radical (unpaired) electrons. The van der Waals surface area contributed by atoms with Crippen LogP contribution in [0.4, 0.5) is 4.79 Å². The summed E-state index contributed by atoms with van der Waals surface area (Å²) in [5.41, 5.74) is 0. The molecule has 0 saturated carbocycles. The molecule has 1 aromatic heterocycles. The number of rotatable bonds is 3. The summed E-state index contributed by atoms with van der Waals surface area (Å²) in [6.07, 6.45) is 0. The van der Waals surface area contributed by atoms with Crippen molar-refractivity contribution in [3.8, 4) is 0 Å². The van der Waals surface area contributed by atoms with Gasteiger partial charge in [0.25, 0.3) is 0 Å². The van der Waals surface area contributed by atoms with Gasteiger partial charge in [0, 0.05) is 11.9 Å². The van der Waals surface area contributed by atoms with Crippen molar-refractivity contribution in [1.29, 1.82) is 0 Å². The van der Waals surface area contributed by atoms with Crippen LogP contribution >= 0.6 is 22.9 Å². The third-order valence-corrected chi connectivity index (χ3v) is 4.91. The third kappa shape index (κ3) is 3.40. The quantitative estimate of drug-likeness (QED) is 0.819. The van der Waals surface area contributed by atoms with Gasteiger partial charge in [-0.2, -0.15) is 0 Å². The highest BCUT2D eigenvalue weighted by atomic mass is 35.5. The minimum absolute atomic E-state index is 0.457. The van der Waals surface area contributed by atoms with E-state index in [1.54, 1.807) is 12.3 Å². The van der Waals surface area contributed by atoms with Gasteiger partial charge in [0.15, 0.2) is 0 Å². The van der Waals surface area contributed by atoms with E-state index in [0.29, 0.717) is 15.8 Å². The molecular formula is C8H11ClN2O2S2. The SMILES string of the molecule is C=S(=O)(NC(=O)NCC)c1cc(Cl)cs1. The second kappa shape index (κ2) is 4.87. The molecule has 4 nitrogen and oxygen atoms in total. The number of halogens is 1. The molecule has 0 aromatic carbocycles. The van der Waals surface area contributed by atoms with Crippen LogP contribution < -0.4 is 10.0 Å². The standard InChI is InChI=1S/C8H11ClN2O2S2/c1-3-10-8(12)11-15(2,13)7-4-6(9)5-14-7/h4-5H,2-3H2,1H3,(H2,10,11,12,13). The predicted octanol–water partition coefficient (Wildman–Crippen LogP) is 1.71. The van der Waals surface area contributed by atoms with Gasteiger partial charge in [-0.3, -0.25) is 4.72 Å². The molecule has 0 aliphatic rings. The highest BCUT2D eigenvalue weighted by molar-refractivity contribution is 8.00. The Balaban J connectivity index is 2.81. The topological polar surface area (TPSA) is 58.2 Å². The Morgan fingerprint density at radius 2 is 2.40 bits per heavy atom. The van der Waals surface area contributed by atoms with Crippen LogP contribution in [0.2, 0.25) is 5.02 Å². The minimum atomic E-state index is -2.79. The number of carbonyl (C=O) groups excluding carboxylic acids is 1. The van der Waals surface area contributed by atoms with Gasteiger partial charge in [-0.05, 0) is 18.9 Å². The van der Waals surface area contributed by atoms with Crippen molar-refractivity contribution in [3.63, 3.8) is 0 Å². The molecule has 1 unspecified atom stereocenters. The van der Waals surface area contributed by atoms with E-state index in [1.165, 1.54) is 17.4 Å². The summed E-state index contributed by atoms with van der Waals surface area (Å²) < 4.78 is 14.7. The van der Waals surface area contributed by atoms with Crippen LogP contribution in [0, 0.1) is 0 Å². The second-order valence-corrected chi connectivity index (χ2v) is 6.32. The van der Waals surface area contributed by atoms with Gasteiger partial charge in [0.05, 0.1) is 14.7 Å². The molecule has 1 rings (SSSR count). The summed E-state index contributed by atoms with van der Waals surface area (Å²) in [5.74, 6) is 3.48. The van der Waals surface area contributed by atoms with E-state index < -0.39 is 15.7 Å². The smallest absolute Gasteiger partial charge is 0.326 e. The van der Waals surface area contributed by atoms with E-state index in [2.05, 4.69) is 15.9 Å². The van der Waals surface area contributed by atoms with Gasteiger partial charge in [-0.15, -0.1) is 11.3 Å². The van der Waals surface area contributed by atoms with Crippen molar-refractivity contribution >= 4 is 44.5 Å². The molecule has 0 bridgehead atoms. The van der Waals surface area contributed by atoms with Gasteiger partial charge >= 0.3 is 6.03 Å². The number of hydrogen-bond acceptors (Lipinski definition) is 3. The number of urea groups is 1. The molecule has 1 heterocycles. The lowest BCUT2D eigenvalue weighted by Gasteiger charge is -2.09. The van der Waals surface area contributed by atoms with Crippen LogP contribution in [0.15, 0.2) is 15.7 Å². The van der Waals surface area contributed by atoms with Crippen LogP contribution in [0.25, 0.3) is 0 Å². The Kier molecular flexibility index (Phi) is 4.01. The molecule has 15 heavy (non-hydrogen) atoms. The van der Waals surface area contributed by atoms with Crippen LogP contribution in [-0.4, -0.2) is 22.7 Å². The Hall–Kier alpha value is -0.720. The average molecular weight is 267 g/mol. The van der Waals surface area contributed by atoms with Gasteiger partial charge in [-0.1, -0.05) is 11.6 Å². The first-order valence-electron chi connectivity index (χ1n) is 4.12. The van der Waals surface area contributed by atoms with E-state index >= 15 is 0 Å². The number of thiophene rings is 1. The first-order chi connectivity index (χ1) is 6.95.